The van der Waals surface area contributed by atoms with E-state index in [9.17, 15) is 4.79 Å². The molecule has 1 rings (SSSR count). The molecule has 0 fully saturated rings. The van der Waals surface area contributed by atoms with Gasteiger partial charge in [-0.2, -0.15) is 0 Å². The number of halogens is 1. The summed E-state index contributed by atoms with van der Waals surface area (Å²) >= 11 is 5.64. The quantitative estimate of drug-likeness (QED) is 0.618. The van der Waals surface area contributed by atoms with Gasteiger partial charge in [0, 0.05) is 17.8 Å². The maximum atomic E-state index is 10.2. The van der Waals surface area contributed by atoms with Gasteiger partial charge in [-0.25, -0.2) is 0 Å². The summed E-state index contributed by atoms with van der Waals surface area (Å²) in [5.74, 6) is 0. The van der Waals surface area contributed by atoms with Crippen molar-refractivity contribution in [3.8, 4) is 0 Å². The molecule has 0 N–H and O–H groups in total. The Bertz CT molecular complexity index is 245. The lowest BCUT2D eigenvalue weighted by atomic mass is 10.3. The molecule has 0 unspecified atom stereocenters. The molecule has 1 radical (unpaired) electrons. The van der Waals surface area contributed by atoms with E-state index in [1.54, 1.807) is 37.7 Å². The van der Waals surface area contributed by atoms with Crippen LogP contribution in [0.1, 0.15) is 0 Å². The van der Waals surface area contributed by atoms with Crippen LogP contribution in [0.4, 0.5) is 5.69 Å². The average Bonchev–Trinajstić information content (AvgIpc) is 2.05. The number of amides is 1. The maximum Gasteiger partial charge on any atom is 0.316 e. The molecule has 0 aliphatic rings. The van der Waals surface area contributed by atoms with Crippen LogP contribution in [0.25, 0.3) is 0 Å². The summed E-state index contributed by atoms with van der Waals surface area (Å²) in [6.45, 7) is 0. The molecule has 0 saturated carbocycles. The Morgan fingerprint density at radius 2 is 1.91 bits per heavy atom. The minimum atomic E-state index is 0.660. The molecular formula is C8H7ClNO. The van der Waals surface area contributed by atoms with Gasteiger partial charge in [0.2, 0.25) is 0 Å². The van der Waals surface area contributed by atoms with E-state index >= 15 is 0 Å². The lowest BCUT2D eigenvalue weighted by Gasteiger charge is -2.07. The van der Waals surface area contributed by atoms with Crippen molar-refractivity contribution in [1.29, 1.82) is 0 Å². The highest BCUT2D eigenvalue weighted by Gasteiger charge is 1.97. The van der Waals surface area contributed by atoms with Crippen LogP contribution < -0.4 is 4.90 Å². The van der Waals surface area contributed by atoms with Gasteiger partial charge in [-0.3, -0.25) is 4.79 Å². The second-order valence-electron chi connectivity index (χ2n) is 2.13. The summed E-state index contributed by atoms with van der Waals surface area (Å²) in [6, 6.07) is 6.97. The highest BCUT2D eigenvalue weighted by atomic mass is 35.5. The van der Waals surface area contributed by atoms with E-state index in [4.69, 9.17) is 11.6 Å². The molecule has 1 aromatic rings. The fourth-order valence-electron chi connectivity index (χ4n) is 0.717. The molecule has 0 atom stereocenters. The summed E-state index contributed by atoms with van der Waals surface area (Å²) in [5, 5.41) is 0.660. The van der Waals surface area contributed by atoms with Crippen LogP contribution in [-0.4, -0.2) is 13.5 Å². The third-order valence-corrected chi connectivity index (χ3v) is 1.60. The van der Waals surface area contributed by atoms with Crippen molar-refractivity contribution < 1.29 is 4.79 Å². The minimum absolute atomic E-state index is 0.660. The molecule has 57 valence electrons. The first-order valence-electron chi connectivity index (χ1n) is 3.11. The molecule has 1 amide bonds. The van der Waals surface area contributed by atoms with Gasteiger partial charge in [0.15, 0.2) is 0 Å². The van der Waals surface area contributed by atoms with Crippen LogP contribution in [0.15, 0.2) is 24.3 Å². The zero-order valence-corrected chi connectivity index (χ0v) is 6.80. The topological polar surface area (TPSA) is 20.3 Å². The summed E-state index contributed by atoms with van der Waals surface area (Å²) < 4.78 is 0. The average molecular weight is 169 g/mol. The van der Waals surface area contributed by atoms with Crippen molar-refractivity contribution in [3.63, 3.8) is 0 Å². The number of carbonyl (C=O) groups excluding carboxylic acids is 1. The van der Waals surface area contributed by atoms with E-state index in [1.165, 1.54) is 4.90 Å². The van der Waals surface area contributed by atoms with Crippen LogP contribution in [0.3, 0.4) is 0 Å². The Labute approximate surface area is 70.4 Å². The van der Waals surface area contributed by atoms with Crippen molar-refractivity contribution in [3.05, 3.63) is 29.3 Å². The molecule has 1 aromatic carbocycles. The summed E-state index contributed by atoms with van der Waals surface area (Å²) in [4.78, 5) is 11.5. The van der Waals surface area contributed by atoms with Crippen molar-refractivity contribution in [2.45, 2.75) is 0 Å². The monoisotopic (exact) mass is 168 g/mol. The first-order chi connectivity index (χ1) is 5.24. The van der Waals surface area contributed by atoms with Gasteiger partial charge >= 0.3 is 6.41 Å². The highest BCUT2D eigenvalue weighted by molar-refractivity contribution is 6.30. The Hall–Kier alpha value is -1.02. The van der Waals surface area contributed by atoms with Crippen molar-refractivity contribution >= 4 is 23.7 Å². The van der Waals surface area contributed by atoms with Crippen molar-refractivity contribution in [1.82, 2.24) is 0 Å². The predicted molar refractivity (Wildman–Crippen MR) is 45.5 cm³/mol. The standard InChI is InChI=1S/C8H7ClNO/c1-10(6-11)8-4-2-7(9)3-5-8/h2-5H,1H3. The van der Waals surface area contributed by atoms with E-state index in [1.807, 2.05) is 0 Å². The van der Waals surface area contributed by atoms with E-state index in [-0.39, 0.29) is 0 Å². The van der Waals surface area contributed by atoms with Crippen LogP contribution in [-0.2, 0) is 4.79 Å². The van der Waals surface area contributed by atoms with Crippen LogP contribution in [0.5, 0.6) is 0 Å². The number of nitrogens with zero attached hydrogens (tertiary/aromatic N) is 1. The third kappa shape index (κ3) is 1.95. The van der Waals surface area contributed by atoms with Crippen molar-refractivity contribution in [2.75, 3.05) is 11.9 Å². The smallest absolute Gasteiger partial charge is 0.307 e. The van der Waals surface area contributed by atoms with Gasteiger partial charge < -0.3 is 4.90 Å². The minimum Gasteiger partial charge on any atom is -0.307 e. The predicted octanol–water partition coefficient (Wildman–Crippen LogP) is 1.84. The summed E-state index contributed by atoms with van der Waals surface area (Å²) in [7, 11) is 1.64. The Balaban J connectivity index is 2.89. The molecule has 0 aliphatic heterocycles. The van der Waals surface area contributed by atoms with Gasteiger partial charge in [-0.05, 0) is 24.3 Å². The molecule has 0 saturated heterocycles. The lowest BCUT2D eigenvalue weighted by Crippen LogP contribution is -2.12. The number of benzene rings is 1. The molecule has 0 heterocycles. The Morgan fingerprint density at radius 3 is 2.36 bits per heavy atom. The fraction of sp³-hybridized carbons (Fsp3) is 0.125. The Kier molecular flexibility index (Phi) is 2.49. The SMILES string of the molecule is CN([C]=O)c1ccc(Cl)cc1. The molecule has 2 nitrogen and oxygen atoms in total. The third-order valence-electron chi connectivity index (χ3n) is 1.35. The number of hydrogen-bond acceptors (Lipinski definition) is 1. The zero-order chi connectivity index (χ0) is 8.27. The molecule has 11 heavy (non-hydrogen) atoms. The molecule has 3 heteroatoms. The van der Waals surface area contributed by atoms with Gasteiger partial charge in [-0.1, -0.05) is 11.6 Å². The summed E-state index contributed by atoms with van der Waals surface area (Å²) in [5.41, 5.74) is 0.782. The van der Waals surface area contributed by atoms with E-state index < -0.39 is 0 Å². The van der Waals surface area contributed by atoms with Crippen molar-refractivity contribution in [2.24, 2.45) is 0 Å². The Morgan fingerprint density at radius 1 is 1.36 bits per heavy atom. The first kappa shape index (κ1) is 8.08. The fourth-order valence-corrected chi connectivity index (χ4v) is 0.843. The van der Waals surface area contributed by atoms with Gasteiger partial charge in [-0.15, -0.1) is 0 Å². The normalized spacial score (nSPS) is 9.27. The largest absolute Gasteiger partial charge is 0.316 e. The molecule has 0 aliphatic carbocycles. The second kappa shape index (κ2) is 3.39. The molecular weight excluding hydrogens is 162 g/mol. The second-order valence-corrected chi connectivity index (χ2v) is 2.56. The maximum absolute atomic E-state index is 10.2. The van der Waals surface area contributed by atoms with E-state index in [2.05, 4.69) is 0 Å². The lowest BCUT2D eigenvalue weighted by molar-refractivity contribution is 0.554. The van der Waals surface area contributed by atoms with E-state index in [0.717, 1.165) is 5.69 Å². The molecule has 0 aromatic heterocycles. The van der Waals surface area contributed by atoms with Gasteiger partial charge in [0.1, 0.15) is 0 Å². The summed E-state index contributed by atoms with van der Waals surface area (Å²) in [6.07, 6.45) is 1.74. The molecule has 0 spiro atoms. The van der Waals surface area contributed by atoms with Crippen LogP contribution in [0.2, 0.25) is 5.02 Å². The van der Waals surface area contributed by atoms with E-state index in [0.29, 0.717) is 5.02 Å². The zero-order valence-electron chi connectivity index (χ0n) is 6.04. The first-order valence-corrected chi connectivity index (χ1v) is 3.49. The van der Waals surface area contributed by atoms with Gasteiger partial charge in [0.25, 0.3) is 0 Å². The van der Waals surface area contributed by atoms with Crippen LogP contribution >= 0.6 is 11.6 Å². The molecule has 0 bridgehead atoms. The van der Waals surface area contributed by atoms with Gasteiger partial charge in [0.05, 0.1) is 0 Å². The number of rotatable bonds is 2. The number of anilines is 1. The van der Waals surface area contributed by atoms with Crippen LogP contribution in [0, 0.1) is 0 Å². The highest BCUT2D eigenvalue weighted by Crippen LogP contribution is 2.15. The number of hydrogen-bond donors (Lipinski definition) is 0.